The first kappa shape index (κ1) is 10.9. The molecule has 14 heavy (non-hydrogen) atoms. The average molecular weight is 201 g/mol. The molecule has 1 fully saturated rings. The predicted molar refractivity (Wildman–Crippen MR) is 49.5 cm³/mol. The standard InChI is InChI=1S/C8H15N3O3/c9-1-4-14-6-8(13)11-3-2-10-7(12)5-11/h1-6,9H2,(H,10,12). The highest BCUT2D eigenvalue weighted by Crippen LogP contribution is 1.94. The molecule has 0 aromatic carbocycles. The Labute approximate surface area is 82.4 Å². The normalized spacial score (nSPS) is 16.6. The van der Waals surface area contributed by atoms with Crippen molar-refractivity contribution in [3.8, 4) is 0 Å². The molecule has 80 valence electrons. The number of nitrogens with one attached hydrogen (secondary N) is 1. The van der Waals surface area contributed by atoms with Crippen molar-refractivity contribution >= 4 is 11.8 Å². The largest absolute Gasteiger partial charge is 0.370 e. The van der Waals surface area contributed by atoms with Gasteiger partial charge in [0.15, 0.2) is 0 Å². The third-order valence-electron chi connectivity index (χ3n) is 1.88. The highest BCUT2D eigenvalue weighted by molar-refractivity contribution is 5.86. The number of hydrogen-bond acceptors (Lipinski definition) is 4. The van der Waals surface area contributed by atoms with Crippen LogP contribution >= 0.6 is 0 Å². The molecule has 0 radical (unpaired) electrons. The molecule has 6 nitrogen and oxygen atoms in total. The summed E-state index contributed by atoms with van der Waals surface area (Å²) < 4.78 is 4.99. The number of nitrogens with zero attached hydrogens (tertiary/aromatic N) is 1. The van der Waals surface area contributed by atoms with Gasteiger partial charge in [-0.25, -0.2) is 0 Å². The number of ether oxygens (including phenoxy) is 1. The van der Waals surface area contributed by atoms with Crippen LogP contribution in [0.15, 0.2) is 0 Å². The van der Waals surface area contributed by atoms with E-state index in [1.165, 1.54) is 4.90 Å². The third-order valence-corrected chi connectivity index (χ3v) is 1.88. The van der Waals surface area contributed by atoms with E-state index in [1.54, 1.807) is 0 Å². The minimum Gasteiger partial charge on any atom is -0.370 e. The van der Waals surface area contributed by atoms with Crippen LogP contribution in [0.25, 0.3) is 0 Å². The van der Waals surface area contributed by atoms with Crippen LogP contribution in [0.2, 0.25) is 0 Å². The fourth-order valence-electron chi connectivity index (χ4n) is 1.19. The van der Waals surface area contributed by atoms with E-state index in [1.807, 2.05) is 0 Å². The first-order chi connectivity index (χ1) is 6.74. The van der Waals surface area contributed by atoms with Crippen LogP contribution in [0.3, 0.4) is 0 Å². The summed E-state index contributed by atoms with van der Waals surface area (Å²) in [5, 5.41) is 2.64. The lowest BCUT2D eigenvalue weighted by molar-refractivity contribution is -0.141. The summed E-state index contributed by atoms with van der Waals surface area (Å²) in [5.41, 5.74) is 5.20. The Morgan fingerprint density at radius 2 is 2.43 bits per heavy atom. The lowest BCUT2D eigenvalue weighted by Crippen LogP contribution is -2.51. The second-order valence-electron chi connectivity index (χ2n) is 3.01. The maximum absolute atomic E-state index is 11.4. The van der Waals surface area contributed by atoms with Gasteiger partial charge in [-0.1, -0.05) is 0 Å². The molecule has 0 aromatic rings. The summed E-state index contributed by atoms with van der Waals surface area (Å²) in [6.45, 7) is 1.97. The molecule has 0 unspecified atom stereocenters. The summed E-state index contributed by atoms with van der Waals surface area (Å²) in [4.78, 5) is 23.8. The molecular weight excluding hydrogens is 186 g/mol. The molecule has 6 heteroatoms. The summed E-state index contributed by atoms with van der Waals surface area (Å²) in [7, 11) is 0. The van der Waals surface area contributed by atoms with Crippen LogP contribution < -0.4 is 11.1 Å². The highest BCUT2D eigenvalue weighted by Gasteiger charge is 2.20. The molecule has 1 aliphatic heterocycles. The van der Waals surface area contributed by atoms with Gasteiger partial charge >= 0.3 is 0 Å². The van der Waals surface area contributed by atoms with Crippen molar-refractivity contribution in [1.82, 2.24) is 10.2 Å². The number of amides is 2. The summed E-state index contributed by atoms with van der Waals surface area (Å²) in [6.07, 6.45) is 0. The Kier molecular flexibility index (Phi) is 4.34. The third kappa shape index (κ3) is 3.31. The molecule has 0 saturated carbocycles. The fourth-order valence-corrected chi connectivity index (χ4v) is 1.19. The topological polar surface area (TPSA) is 84.7 Å². The Morgan fingerprint density at radius 1 is 1.64 bits per heavy atom. The van der Waals surface area contributed by atoms with Gasteiger partial charge in [0, 0.05) is 19.6 Å². The first-order valence-corrected chi connectivity index (χ1v) is 4.56. The van der Waals surface area contributed by atoms with E-state index in [0.29, 0.717) is 26.2 Å². The van der Waals surface area contributed by atoms with E-state index < -0.39 is 0 Å². The Balaban J connectivity index is 2.25. The van der Waals surface area contributed by atoms with Gasteiger partial charge in [-0.2, -0.15) is 0 Å². The zero-order chi connectivity index (χ0) is 10.4. The quantitative estimate of drug-likeness (QED) is 0.511. The van der Waals surface area contributed by atoms with Crippen LogP contribution in [0.1, 0.15) is 0 Å². The van der Waals surface area contributed by atoms with Crippen LogP contribution in [0.5, 0.6) is 0 Å². The number of carbonyl (C=O) groups excluding carboxylic acids is 2. The summed E-state index contributed by atoms with van der Waals surface area (Å²) >= 11 is 0. The van der Waals surface area contributed by atoms with E-state index in [4.69, 9.17) is 10.5 Å². The lowest BCUT2D eigenvalue weighted by Gasteiger charge is -2.26. The highest BCUT2D eigenvalue weighted by atomic mass is 16.5. The SMILES string of the molecule is NCCOCC(=O)N1CCNC(=O)C1. The number of piperazine rings is 1. The van der Waals surface area contributed by atoms with Gasteiger partial charge < -0.3 is 20.7 Å². The molecule has 1 rings (SSSR count). The van der Waals surface area contributed by atoms with E-state index in [9.17, 15) is 9.59 Å². The molecule has 0 bridgehead atoms. The summed E-state index contributed by atoms with van der Waals surface area (Å²) in [5.74, 6) is -0.281. The van der Waals surface area contributed by atoms with E-state index in [2.05, 4.69) is 5.32 Å². The second kappa shape index (κ2) is 5.56. The molecule has 1 aliphatic rings. The minimum atomic E-state index is -0.159. The van der Waals surface area contributed by atoms with E-state index in [0.717, 1.165) is 0 Å². The van der Waals surface area contributed by atoms with E-state index in [-0.39, 0.29) is 25.0 Å². The van der Waals surface area contributed by atoms with Crippen LogP contribution in [-0.4, -0.2) is 56.1 Å². The predicted octanol–water partition coefficient (Wildman–Crippen LogP) is -2.08. The molecule has 1 saturated heterocycles. The maximum atomic E-state index is 11.4. The van der Waals surface area contributed by atoms with Gasteiger partial charge in [0.05, 0.1) is 13.2 Å². The molecule has 3 N–H and O–H groups in total. The minimum absolute atomic E-state index is 0.00444. The van der Waals surface area contributed by atoms with Gasteiger partial charge in [0.2, 0.25) is 11.8 Å². The Bertz CT molecular complexity index is 220. The van der Waals surface area contributed by atoms with Gasteiger partial charge in [-0.15, -0.1) is 0 Å². The summed E-state index contributed by atoms with van der Waals surface area (Å²) in [6, 6.07) is 0. The van der Waals surface area contributed by atoms with Crippen molar-refractivity contribution in [3.05, 3.63) is 0 Å². The molecule has 2 amide bonds. The smallest absolute Gasteiger partial charge is 0.249 e. The Morgan fingerprint density at radius 3 is 3.07 bits per heavy atom. The van der Waals surface area contributed by atoms with Gasteiger partial charge in [0.1, 0.15) is 6.61 Å². The monoisotopic (exact) mass is 201 g/mol. The number of carbonyl (C=O) groups is 2. The van der Waals surface area contributed by atoms with Crippen molar-refractivity contribution in [2.24, 2.45) is 5.73 Å². The van der Waals surface area contributed by atoms with Crippen molar-refractivity contribution in [2.75, 3.05) is 39.4 Å². The zero-order valence-electron chi connectivity index (χ0n) is 7.99. The molecule has 0 atom stereocenters. The Hall–Kier alpha value is -1.14. The molecule has 0 aromatic heterocycles. The van der Waals surface area contributed by atoms with Crippen molar-refractivity contribution in [2.45, 2.75) is 0 Å². The second-order valence-corrected chi connectivity index (χ2v) is 3.01. The van der Waals surface area contributed by atoms with Gasteiger partial charge in [-0.3, -0.25) is 9.59 Å². The van der Waals surface area contributed by atoms with Crippen molar-refractivity contribution < 1.29 is 14.3 Å². The average Bonchev–Trinajstić information content (AvgIpc) is 2.18. The van der Waals surface area contributed by atoms with E-state index >= 15 is 0 Å². The van der Waals surface area contributed by atoms with Crippen molar-refractivity contribution in [1.29, 1.82) is 0 Å². The van der Waals surface area contributed by atoms with Crippen LogP contribution in [-0.2, 0) is 14.3 Å². The lowest BCUT2D eigenvalue weighted by atomic mass is 10.3. The van der Waals surface area contributed by atoms with Gasteiger partial charge in [0.25, 0.3) is 0 Å². The first-order valence-electron chi connectivity index (χ1n) is 4.56. The number of rotatable bonds is 4. The number of nitrogens with two attached hydrogens (primary N) is 1. The zero-order valence-corrected chi connectivity index (χ0v) is 7.99. The molecule has 1 heterocycles. The van der Waals surface area contributed by atoms with Crippen LogP contribution in [0.4, 0.5) is 0 Å². The maximum Gasteiger partial charge on any atom is 0.249 e. The van der Waals surface area contributed by atoms with Crippen LogP contribution in [0, 0.1) is 0 Å². The van der Waals surface area contributed by atoms with Gasteiger partial charge in [-0.05, 0) is 0 Å². The number of hydrogen-bond donors (Lipinski definition) is 2. The fraction of sp³-hybridized carbons (Fsp3) is 0.750. The molecule has 0 aliphatic carbocycles. The molecular formula is C8H15N3O3. The van der Waals surface area contributed by atoms with Crippen molar-refractivity contribution in [3.63, 3.8) is 0 Å². The molecule has 0 spiro atoms.